The standard InChI is InChI=1S/C11H17N3/c1-8-5-9(12)10(13-6-8)14-7-11(2)3-4-11/h5-6H,3-4,7,12H2,1-2H3,(H,13,14). The van der Waals surface area contributed by atoms with E-state index in [1.54, 1.807) is 0 Å². The molecule has 0 unspecified atom stereocenters. The van der Waals surface area contributed by atoms with Crippen LogP contribution in [0.4, 0.5) is 11.5 Å². The van der Waals surface area contributed by atoms with E-state index in [0.29, 0.717) is 5.41 Å². The fourth-order valence-corrected chi connectivity index (χ4v) is 1.43. The molecule has 1 aromatic rings. The average Bonchev–Trinajstić information content (AvgIpc) is 2.83. The Morgan fingerprint density at radius 2 is 2.29 bits per heavy atom. The number of aromatic nitrogens is 1. The topological polar surface area (TPSA) is 50.9 Å². The van der Waals surface area contributed by atoms with Gasteiger partial charge in [0.25, 0.3) is 0 Å². The van der Waals surface area contributed by atoms with Gasteiger partial charge in [-0.3, -0.25) is 0 Å². The second-order valence-corrected chi connectivity index (χ2v) is 4.61. The van der Waals surface area contributed by atoms with Crippen LogP contribution in [0.1, 0.15) is 25.3 Å². The predicted molar refractivity (Wildman–Crippen MR) is 59.2 cm³/mol. The molecule has 1 aromatic heterocycles. The molecule has 0 saturated heterocycles. The maximum Gasteiger partial charge on any atom is 0.149 e. The van der Waals surface area contributed by atoms with Gasteiger partial charge in [-0.05, 0) is 36.8 Å². The van der Waals surface area contributed by atoms with E-state index in [0.717, 1.165) is 23.6 Å². The minimum Gasteiger partial charge on any atom is -0.396 e. The number of hydrogen-bond donors (Lipinski definition) is 2. The van der Waals surface area contributed by atoms with Gasteiger partial charge in [0, 0.05) is 12.7 Å². The second-order valence-electron chi connectivity index (χ2n) is 4.61. The summed E-state index contributed by atoms with van der Waals surface area (Å²) in [5, 5.41) is 3.31. The van der Waals surface area contributed by atoms with Gasteiger partial charge in [0.2, 0.25) is 0 Å². The molecule has 14 heavy (non-hydrogen) atoms. The van der Waals surface area contributed by atoms with Crippen molar-refractivity contribution in [3.8, 4) is 0 Å². The van der Waals surface area contributed by atoms with Crippen LogP contribution in [0.2, 0.25) is 0 Å². The van der Waals surface area contributed by atoms with Gasteiger partial charge in [0.1, 0.15) is 5.82 Å². The molecule has 1 aliphatic carbocycles. The fourth-order valence-electron chi connectivity index (χ4n) is 1.43. The van der Waals surface area contributed by atoms with Crippen LogP contribution in [0.3, 0.4) is 0 Å². The zero-order chi connectivity index (χ0) is 10.2. The first-order chi connectivity index (χ1) is 6.59. The van der Waals surface area contributed by atoms with Gasteiger partial charge < -0.3 is 11.1 Å². The van der Waals surface area contributed by atoms with Crippen molar-refractivity contribution in [3.05, 3.63) is 17.8 Å². The molecule has 0 bridgehead atoms. The lowest BCUT2D eigenvalue weighted by Gasteiger charge is -2.12. The second kappa shape index (κ2) is 3.15. The molecule has 0 spiro atoms. The molecule has 76 valence electrons. The Kier molecular flexibility index (Phi) is 2.10. The summed E-state index contributed by atoms with van der Waals surface area (Å²) in [6.07, 6.45) is 4.46. The van der Waals surface area contributed by atoms with Crippen molar-refractivity contribution in [2.45, 2.75) is 26.7 Å². The Morgan fingerprint density at radius 3 is 2.86 bits per heavy atom. The van der Waals surface area contributed by atoms with Crippen molar-refractivity contribution < 1.29 is 0 Å². The van der Waals surface area contributed by atoms with Crippen molar-refractivity contribution >= 4 is 11.5 Å². The Labute approximate surface area is 84.7 Å². The summed E-state index contributed by atoms with van der Waals surface area (Å²) in [5.74, 6) is 0.823. The largest absolute Gasteiger partial charge is 0.396 e. The highest BCUT2D eigenvalue weighted by molar-refractivity contribution is 5.61. The molecule has 3 N–H and O–H groups in total. The summed E-state index contributed by atoms with van der Waals surface area (Å²) < 4.78 is 0. The van der Waals surface area contributed by atoms with Gasteiger partial charge >= 0.3 is 0 Å². The Bertz CT molecular complexity index is 342. The molecule has 0 amide bonds. The molecular weight excluding hydrogens is 174 g/mol. The van der Waals surface area contributed by atoms with Crippen LogP contribution >= 0.6 is 0 Å². The number of nitrogens with two attached hydrogens (primary N) is 1. The molecule has 1 heterocycles. The van der Waals surface area contributed by atoms with Gasteiger partial charge in [0.15, 0.2) is 0 Å². The van der Waals surface area contributed by atoms with Crippen molar-refractivity contribution in [3.63, 3.8) is 0 Å². The highest BCUT2D eigenvalue weighted by Gasteiger charge is 2.36. The van der Waals surface area contributed by atoms with Crippen molar-refractivity contribution in [2.24, 2.45) is 5.41 Å². The molecule has 0 aliphatic heterocycles. The zero-order valence-electron chi connectivity index (χ0n) is 8.80. The number of nitrogen functional groups attached to an aromatic ring is 1. The fraction of sp³-hybridized carbons (Fsp3) is 0.545. The van der Waals surface area contributed by atoms with E-state index in [4.69, 9.17) is 5.73 Å². The van der Waals surface area contributed by atoms with E-state index < -0.39 is 0 Å². The Hall–Kier alpha value is -1.25. The molecule has 1 saturated carbocycles. The minimum absolute atomic E-state index is 0.485. The number of nitrogens with one attached hydrogen (secondary N) is 1. The number of hydrogen-bond acceptors (Lipinski definition) is 3. The quantitative estimate of drug-likeness (QED) is 0.770. The number of pyridine rings is 1. The lowest BCUT2D eigenvalue weighted by atomic mass is 10.1. The first-order valence-corrected chi connectivity index (χ1v) is 5.05. The summed E-state index contributed by atoms with van der Waals surface area (Å²) >= 11 is 0. The Balaban J connectivity index is 2.02. The third-order valence-electron chi connectivity index (χ3n) is 2.84. The number of anilines is 2. The normalized spacial score (nSPS) is 17.9. The monoisotopic (exact) mass is 191 g/mol. The van der Waals surface area contributed by atoms with Crippen LogP contribution in [0.5, 0.6) is 0 Å². The maximum absolute atomic E-state index is 5.85. The molecule has 1 aliphatic rings. The van der Waals surface area contributed by atoms with E-state index in [1.165, 1.54) is 12.8 Å². The summed E-state index contributed by atoms with van der Waals surface area (Å²) in [6, 6.07) is 1.95. The smallest absolute Gasteiger partial charge is 0.149 e. The molecular formula is C11H17N3. The van der Waals surface area contributed by atoms with Gasteiger partial charge in [-0.25, -0.2) is 4.98 Å². The summed E-state index contributed by atoms with van der Waals surface area (Å²) in [5.41, 5.74) is 8.18. The third kappa shape index (κ3) is 1.97. The highest BCUT2D eigenvalue weighted by Crippen LogP contribution is 2.44. The van der Waals surface area contributed by atoms with Crippen LogP contribution in [-0.4, -0.2) is 11.5 Å². The first-order valence-electron chi connectivity index (χ1n) is 5.05. The van der Waals surface area contributed by atoms with Crippen molar-refractivity contribution in [1.82, 2.24) is 4.98 Å². The van der Waals surface area contributed by atoms with Gasteiger partial charge in [-0.15, -0.1) is 0 Å². The zero-order valence-corrected chi connectivity index (χ0v) is 8.80. The van der Waals surface area contributed by atoms with Gasteiger partial charge in [-0.2, -0.15) is 0 Å². The molecule has 0 aromatic carbocycles. The molecule has 3 heteroatoms. The first kappa shape index (κ1) is 9.31. The molecule has 2 rings (SSSR count). The Morgan fingerprint density at radius 1 is 1.57 bits per heavy atom. The number of nitrogens with zero attached hydrogens (tertiary/aromatic N) is 1. The summed E-state index contributed by atoms with van der Waals surface area (Å²) in [4.78, 5) is 4.27. The lowest BCUT2D eigenvalue weighted by Crippen LogP contribution is -2.13. The lowest BCUT2D eigenvalue weighted by molar-refractivity contribution is 0.609. The van der Waals surface area contributed by atoms with E-state index in [-0.39, 0.29) is 0 Å². The minimum atomic E-state index is 0.485. The molecule has 1 fully saturated rings. The third-order valence-corrected chi connectivity index (χ3v) is 2.84. The average molecular weight is 191 g/mol. The number of aryl methyl sites for hydroxylation is 1. The van der Waals surface area contributed by atoms with Crippen LogP contribution < -0.4 is 11.1 Å². The maximum atomic E-state index is 5.85. The highest BCUT2D eigenvalue weighted by atomic mass is 15.0. The molecule has 0 radical (unpaired) electrons. The molecule has 3 nitrogen and oxygen atoms in total. The van der Waals surface area contributed by atoms with E-state index in [1.807, 2.05) is 19.2 Å². The molecule has 0 atom stereocenters. The van der Waals surface area contributed by atoms with Gasteiger partial charge in [-0.1, -0.05) is 6.92 Å². The van der Waals surface area contributed by atoms with Crippen molar-refractivity contribution in [2.75, 3.05) is 17.6 Å². The van der Waals surface area contributed by atoms with E-state index in [2.05, 4.69) is 17.2 Å². The van der Waals surface area contributed by atoms with Gasteiger partial charge in [0.05, 0.1) is 5.69 Å². The summed E-state index contributed by atoms with van der Waals surface area (Å²) in [6.45, 7) is 5.26. The predicted octanol–water partition coefficient (Wildman–Crippen LogP) is 2.18. The summed E-state index contributed by atoms with van der Waals surface area (Å²) in [7, 11) is 0. The van der Waals surface area contributed by atoms with Crippen LogP contribution in [0.25, 0.3) is 0 Å². The SMILES string of the molecule is Cc1cnc(NCC2(C)CC2)c(N)c1. The van der Waals surface area contributed by atoms with Crippen LogP contribution in [0.15, 0.2) is 12.3 Å². The van der Waals surface area contributed by atoms with Crippen LogP contribution in [-0.2, 0) is 0 Å². The van der Waals surface area contributed by atoms with Crippen LogP contribution in [0, 0.1) is 12.3 Å². The van der Waals surface area contributed by atoms with Crippen molar-refractivity contribution in [1.29, 1.82) is 0 Å². The van der Waals surface area contributed by atoms with E-state index >= 15 is 0 Å². The number of rotatable bonds is 3. The van der Waals surface area contributed by atoms with E-state index in [9.17, 15) is 0 Å².